The fourth-order valence-electron chi connectivity index (χ4n) is 1.53. The van der Waals surface area contributed by atoms with Gasteiger partial charge in [-0.1, -0.05) is 30.3 Å². The normalized spacial score (nSPS) is 25.1. The summed E-state index contributed by atoms with van der Waals surface area (Å²) >= 11 is 0. The molecule has 0 spiro atoms. The van der Waals surface area contributed by atoms with Gasteiger partial charge in [-0.25, -0.2) is 0 Å². The van der Waals surface area contributed by atoms with E-state index in [1.807, 2.05) is 30.3 Å². The maximum absolute atomic E-state index is 11.5. The molecule has 1 aliphatic heterocycles. The first-order valence-corrected chi connectivity index (χ1v) is 6.23. The molecule has 1 aromatic carbocycles. The Labute approximate surface area is 89.7 Å². The number of nitrogens with zero attached hydrogens (tertiary/aromatic N) is 1. The lowest BCUT2D eigenvalue weighted by atomic mass is 10.2. The van der Waals surface area contributed by atoms with E-state index in [1.165, 1.54) is 4.31 Å². The van der Waals surface area contributed by atoms with Crippen LogP contribution in [0.25, 0.3) is 0 Å². The van der Waals surface area contributed by atoms with Crippen LogP contribution in [-0.4, -0.2) is 25.9 Å². The highest BCUT2D eigenvalue weighted by molar-refractivity contribution is 7.84. The lowest BCUT2D eigenvalue weighted by Gasteiger charge is -2.04. The molecule has 15 heavy (non-hydrogen) atoms. The van der Waals surface area contributed by atoms with Gasteiger partial charge in [0.1, 0.15) is 0 Å². The monoisotopic (exact) mass is 227 g/mol. The van der Waals surface area contributed by atoms with Gasteiger partial charge in [0, 0.05) is 6.54 Å². The van der Waals surface area contributed by atoms with Gasteiger partial charge in [0.25, 0.3) is 0 Å². The number of hydrogen-bond acceptors (Lipinski definition) is 3. The summed E-state index contributed by atoms with van der Waals surface area (Å²) in [6, 6.07) is 9.52. The van der Waals surface area contributed by atoms with Crippen LogP contribution < -0.4 is 0 Å². The van der Waals surface area contributed by atoms with Crippen molar-refractivity contribution in [2.45, 2.75) is 13.0 Å². The average Bonchev–Trinajstić information content (AvgIpc) is 2.99. The first-order chi connectivity index (χ1) is 7.15. The molecule has 4 nitrogen and oxygen atoms in total. The third kappa shape index (κ3) is 2.19. The fourth-order valence-corrected chi connectivity index (χ4v) is 2.72. The second-order valence-electron chi connectivity index (χ2n) is 3.36. The van der Waals surface area contributed by atoms with E-state index in [1.54, 1.807) is 6.92 Å². The Kier molecular flexibility index (Phi) is 2.77. The molecule has 0 N–H and O–H groups in total. The molecule has 1 heterocycles. The Hall–Kier alpha value is -0.910. The van der Waals surface area contributed by atoms with E-state index in [4.69, 9.17) is 4.18 Å². The van der Waals surface area contributed by atoms with Crippen molar-refractivity contribution in [3.8, 4) is 0 Å². The summed E-state index contributed by atoms with van der Waals surface area (Å²) in [4.78, 5) is 0. The van der Waals surface area contributed by atoms with Crippen molar-refractivity contribution in [3.05, 3.63) is 35.9 Å². The Morgan fingerprint density at radius 3 is 2.67 bits per heavy atom. The van der Waals surface area contributed by atoms with Crippen LogP contribution in [0.5, 0.6) is 0 Å². The first-order valence-electron chi connectivity index (χ1n) is 4.86. The van der Waals surface area contributed by atoms with Gasteiger partial charge in [-0.05, 0) is 12.5 Å². The van der Waals surface area contributed by atoms with Crippen LogP contribution in [0.4, 0.5) is 0 Å². The van der Waals surface area contributed by atoms with Crippen LogP contribution in [-0.2, 0) is 14.5 Å². The van der Waals surface area contributed by atoms with Gasteiger partial charge < -0.3 is 0 Å². The standard InChI is InChI=1S/C10H13NO3S/c1-2-14-15(12,13)11-8-10(11)9-6-4-3-5-7-9/h3-7,10H,2,8H2,1H3/t10-,11?/m0/s1. The van der Waals surface area contributed by atoms with Gasteiger partial charge in [0.2, 0.25) is 0 Å². The predicted molar refractivity (Wildman–Crippen MR) is 56.4 cm³/mol. The smallest absolute Gasteiger partial charge is 0.258 e. The quantitative estimate of drug-likeness (QED) is 0.729. The van der Waals surface area contributed by atoms with Crippen molar-refractivity contribution in [3.63, 3.8) is 0 Å². The second-order valence-corrected chi connectivity index (χ2v) is 4.92. The molecule has 2 atom stereocenters. The highest BCUT2D eigenvalue weighted by Crippen LogP contribution is 2.37. The molecule has 2 rings (SSSR count). The van der Waals surface area contributed by atoms with Crippen LogP contribution in [0.15, 0.2) is 30.3 Å². The van der Waals surface area contributed by atoms with E-state index in [0.29, 0.717) is 6.54 Å². The predicted octanol–water partition coefficient (Wildman–Crippen LogP) is 1.32. The summed E-state index contributed by atoms with van der Waals surface area (Å²) in [5.41, 5.74) is 1.01. The molecule has 1 fully saturated rings. The van der Waals surface area contributed by atoms with Gasteiger partial charge in [0.15, 0.2) is 0 Å². The molecule has 0 aromatic heterocycles. The van der Waals surface area contributed by atoms with Crippen LogP contribution >= 0.6 is 0 Å². The van der Waals surface area contributed by atoms with Gasteiger partial charge in [0.05, 0.1) is 12.6 Å². The third-order valence-electron chi connectivity index (χ3n) is 2.31. The van der Waals surface area contributed by atoms with Gasteiger partial charge in [-0.15, -0.1) is 0 Å². The molecule has 1 saturated heterocycles. The Balaban J connectivity index is 2.09. The molecular weight excluding hydrogens is 214 g/mol. The van der Waals surface area contributed by atoms with E-state index in [-0.39, 0.29) is 12.6 Å². The molecule has 1 aliphatic rings. The SMILES string of the molecule is CCOS(=O)(=O)N1C[C@H]1c1ccccc1. The van der Waals surface area contributed by atoms with Crippen molar-refractivity contribution >= 4 is 10.3 Å². The number of rotatable bonds is 4. The molecular formula is C10H13NO3S. The molecule has 1 aromatic rings. The molecule has 5 heteroatoms. The van der Waals surface area contributed by atoms with E-state index < -0.39 is 10.3 Å². The molecule has 82 valence electrons. The number of hydrogen-bond donors (Lipinski definition) is 0. The summed E-state index contributed by atoms with van der Waals surface area (Å²) in [7, 11) is -3.50. The summed E-state index contributed by atoms with van der Waals surface area (Å²) in [5.74, 6) is 0. The molecule has 0 amide bonds. The summed E-state index contributed by atoms with van der Waals surface area (Å²) in [6.07, 6.45) is 0. The zero-order valence-electron chi connectivity index (χ0n) is 8.46. The zero-order valence-corrected chi connectivity index (χ0v) is 9.28. The van der Waals surface area contributed by atoms with Crippen molar-refractivity contribution < 1.29 is 12.6 Å². The van der Waals surface area contributed by atoms with Gasteiger partial charge in [-0.2, -0.15) is 12.7 Å². The minimum absolute atomic E-state index is 0.0391. The summed E-state index contributed by atoms with van der Waals surface area (Å²) in [5, 5.41) is 0. The highest BCUT2D eigenvalue weighted by Gasteiger charge is 2.45. The molecule has 1 unspecified atom stereocenters. The maximum Gasteiger partial charge on any atom is 0.339 e. The van der Waals surface area contributed by atoms with Crippen LogP contribution in [0.3, 0.4) is 0 Å². The lowest BCUT2D eigenvalue weighted by molar-refractivity contribution is 0.316. The highest BCUT2D eigenvalue weighted by atomic mass is 32.2. The van der Waals surface area contributed by atoms with Crippen LogP contribution in [0, 0.1) is 0 Å². The van der Waals surface area contributed by atoms with Crippen molar-refractivity contribution in [1.29, 1.82) is 0 Å². The van der Waals surface area contributed by atoms with Gasteiger partial charge >= 0.3 is 10.3 Å². The molecule has 0 radical (unpaired) electrons. The number of benzene rings is 1. The van der Waals surface area contributed by atoms with Crippen LogP contribution in [0.2, 0.25) is 0 Å². The molecule has 0 bridgehead atoms. The van der Waals surface area contributed by atoms with E-state index in [9.17, 15) is 8.42 Å². The Morgan fingerprint density at radius 2 is 2.07 bits per heavy atom. The fraction of sp³-hybridized carbons (Fsp3) is 0.400. The summed E-state index contributed by atoms with van der Waals surface area (Å²) in [6.45, 7) is 2.37. The molecule has 0 saturated carbocycles. The lowest BCUT2D eigenvalue weighted by Crippen LogP contribution is -2.15. The first kappa shape index (κ1) is 10.6. The zero-order chi connectivity index (χ0) is 10.9. The Bertz CT molecular complexity index is 429. The van der Waals surface area contributed by atoms with E-state index in [0.717, 1.165) is 5.56 Å². The molecule has 0 aliphatic carbocycles. The third-order valence-corrected chi connectivity index (χ3v) is 3.82. The minimum atomic E-state index is -3.50. The van der Waals surface area contributed by atoms with E-state index >= 15 is 0 Å². The van der Waals surface area contributed by atoms with Gasteiger partial charge in [-0.3, -0.25) is 4.18 Å². The maximum atomic E-state index is 11.5. The van der Waals surface area contributed by atoms with E-state index in [2.05, 4.69) is 0 Å². The average molecular weight is 227 g/mol. The largest absolute Gasteiger partial charge is 0.339 e. The summed E-state index contributed by atoms with van der Waals surface area (Å²) < 4.78 is 29.0. The van der Waals surface area contributed by atoms with Crippen molar-refractivity contribution in [2.75, 3.05) is 13.2 Å². The van der Waals surface area contributed by atoms with Crippen LogP contribution in [0.1, 0.15) is 18.5 Å². The Morgan fingerprint density at radius 1 is 1.40 bits per heavy atom. The topological polar surface area (TPSA) is 46.4 Å². The second kappa shape index (κ2) is 3.92. The van der Waals surface area contributed by atoms with Crippen molar-refractivity contribution in [1.82, 2.24) is 4.31 Å². The van der Waals surface area contributed by atoms with Crippen molar-refractivity contribution in [2.24, 2.45) is 0 Å². The minimum Gasteiger partial charge on any atom is -0.258 e.